The molecule has 2 aliphatic rings. The van der Waals surface area contributed by atoms with Crippen molar-refractivity contribution >= 4 is 11.0 Å². The highest BCUT2D eigenvalue weighted by Crippen LogP contribution is 2.39. The third kappa shape index (κ3) is 2.33. The molecule has 2 aromatic carbocycles. The second kappa shape index (κ2) is 5.40. The molecule has 0 radical (unpaired) electrons. The summed E-state index contributed by atoms with van der Waals surface area (Å²) in [5, 5.41) is 9.45. The Bertz CT molecular complexity index is 1010. The van der Waals surface area contributed by atoms with E-state index in [1.807, 2.05) is 18.2 Å². The largest absolute Gasteiger partial charge is 0.456 e. The molecule has 0 atom stereocenters. The Balaban J connectivity index is 2.17. The Morgan fingerprint density at radius 3 is 2.52 bits per heavy atom. The Kier molecular flexibility index (Phi) is 3.23. The zero-order chi connectivity index (χ0) is 15.8. The van der Waals surface area contributed by atoms with Gasteiger partial charge in [-0.15, -0.1) is 0 Å². The molecule has 1 N–H and O–H groups in total. The van der Waals surface area contributed by atoms with Crippen LogP contribution in [0.25, 0.3) is 33.4 Å². The second-order valence-corrected chi connectivity index (χ2v) is 5.74. The van der Waals surface area contributed by atoms with Crippen LogP contribution in [-0.2, 0) is 6.42 Å². The van der Waals surface area contributed by atoms with Crippen molar-refractivity contribution in [3.63, 3.8) is 0 Å². The number of benzene rings is 3. The van der Waals surface area contributed by atoms with E-state index in [4.69, 9.17) is 9.83 Å². The highest BCUT2D eigenvalue weighted by atomic mass is 16.3. The number of nitrogens with one attached hydrogen (secondary N) is 1. The van der Waals surface area contributed by atoms with Crippen LogP contribution in [-0.4, -0.2) is 0 Å². The Hall–Kier alpha value is -2.87. The molecule has 0 fully saturated rings. The fourth-order valence-electron chi connectivity index (χ4n) is 3.07. The van der Waals surface area contributed by atoms with Gasteiger partial charge < -0.3 is 9.83 Å². The van der Waals surface area contributed by atoms with E-state index in [-0.39, 0.29) is 0 Å². The Labute approximate surface area is 134 Å². The maximum atomic E-state index is 7.88. The van der Waals surface area contributed by atoms with Crippen molar-refractivity contribution < 1.29 is 4.42 Å². The maximum absolute atomic E-state index is 7.88. The number of fused-ring (bicyclic) bond motifs is 2. The number of hydrogen-bond acceptors (Lipinski definition) is 2. The van der Waals surface area contributed by atoms with Crippen molar-refractivity contribution in [2.24, 2.45) is 0 Å². The van der Waals surface area contributed by atoms with Gasteiger partial charge in [0.2, 0.25) is 0 Å². The smallest absolute Gasteiger partial charge is 0.137 e. The van der Waals surface area contributed by atoms with Crippen molar-refractivity contribution in [1.82, 2.24) is 0 Å². The fraction of sp³-hybridized carbons (Fsp3) is 0.0952. The first-order valence-electron chi connectivity index (χ1n) is 7.86. The molecule has 1 aliphatic carbocycles. The molecule has 0 aromatic heterocycles. The molecule has 1 heterocycles. The quantitative estimate of drug-likeness (QED) is 0.504. The molecular weight excluding hydrogens is 282 g/mol. The van der Waals surface area contributed by atoms with Crippen LogP contribution >= 0.6 is 0 Å². The molecular formula is C21H17NO. The zero-order valence-electron chi connectivity index (χ0n) is 13.0. The van der Waals surface area contributed by atoms with E-state index in [0.29, 0.717) is 5.36 Å². The summed E-state index contributed by atoms with van der Waals surface area (Å²) in [5.74, 6) is 0.761. The SMILES string of the molecule is CCc1ccc2c(-c3ccccc3)c3ccc(=N)cc-3oc2c1. The van der Waals surface area contributed by atoms with Crippen LogP contribution < -0.4 is 5.36 Å². The van der Waals surface area contributed by atoms with Crippen LogP contribution in [0.4, 0.5) is 0 Å². The van der Waals surface area contributed by atoms with Gasteiger partial charge in [-0.2, -0.15) is 0 Å². The minimum atomic E-state index is 0.464. The monoisotopic (exact) mass is 299 g/mol. The van der Waals surface area contributed by atoms with Crippen LogP contribution in [0.15, 0.2) is 71.1 Å². The highest BCUT2D eigenvalue weighted by Gasteiger charge is 2.16. The van der Waals surface area contributed by atoms with Crippen LogP contribution in [0, 0.1) is 5.41 Å². The molecule has 0 bridgehead atoms. The summed E-state index contributed by atoms with van der Waals surface area (Å²) in [6.45, 7) is 2.14. The minimum absolute atomic E-state index is 0.464. The van der Waals surface area contributed by atoms with Gasteiger partial charge in [-0.05, 0) is 35.7 Å². The Morgan fingerprint density at radius 1 is 0.913 bits per heavy atom. The van der Waals surface area contributed by atoms with Gasteiger partial charge in [-0.3, -0.25) is 0 Å². The molecule has 1 aliphatic heterocycles. The average molecular weight is 299 g/mol. The molecule has 112 valence electrons. The summed E-state index contributed by atoms with van der Waals surface area (Å²) in [4.78, 5) is 0. The topological polar surface area (TPSA) is 37.0 Å². The second-order valence-electron chi connectivity index (χ2n) is 5.74. The highest BCUT2D eigenvalue weighted by molar-refractivity contribution is 6.01. The summed E-state index contributed by atoms with van der Waals surface area (Å²) >= 11 is 0. The minimum Gasteiger partial charge on any atom is -0.456 e. The third-order valence-electron chi connectivity index (χ3n) is 4.26. The van der Waals surface area contributed by atoms with E-state index in [1.165, 1.54) is 16.7 Å². The molecule has 0 saturated heterocycles. The first kappa shape index (κ1) is 13.8. The third-order valence-corrected chi connectivity index (χ3v) is 4.26. The normalized spacial score (nSPS) is 11.2. The van der Waals surface area contributed by atoms with E-state index < -0.39 is 0 Å². The average Bonchev–Trinajstić information content (AvgIpc) is 2.59. The lowest BCUT2D eigenvalue weighted by Crippen LogP contribution is -2.00. The lowest BCUT2D eigenvalue weighted by atomic mass is 9.93. The van der Waals surface area contributed by atoms with E-state index in [2.05, 4.69) is 49.4 Å². The van der Waals surface area contributed by atoms with E-state index in [0.717, 1.165) is 28.7 Å². The van der Waals surface area contributed by atoms with Crippen LogP contribution in [0.2, 0.25) is 0 Å². The summed E-state index contributed by atoms with van der Waals surface area (Å²) in [7, 11) is 0. The van der Waals surface area contributed by atoms with Crippen LogP contribution in [0.3, 0.4) is 0 Å². The van der Waals surface area contributed by atoms with Gasteiger partial charge in [-0.1, -0.05) is 49.4 Å². The number of aryl methyl sites for hydroxylation is 1. The summed E-state index contributed by atoms with van der Waals surface area (Å²) < 4.78 is 6.11. The van der Waals surface area contributed by atoms with Crippen molar-refractivity contribution in [2.45, 2.75) is 13.3 Å². The molecule has 2 heteroatoms. The molecule has 23 heavy (non-hydrogen) atoms. The first-order valence-corrected chi connectivity index (χ1v) is 7.86. The van der Waals surface area contributed by atoms with Crippen LogP contribution in [0.1, 0.15) is 12.5 Å². The molecule has 0 amide bonds. The van der Waals surface area contributed by atoms with Gasteiger partial charge in [-0.25, -0.2) is 0 Å². The van der Waals surface area contributed by atoms with Gasteiger partial charge in [0.15, 0.2) is 0 Å². The summed E-state index contributed by atoms with van der Waals surface area (Å²) in [6, 6.07) is 22.4. The predicted octanol–water partition coefficient (Wildman–Crippen LogP) is 5.25. The zero-order valence-corrected chi connectivity index (χ0v) is 13.0. The van der Waals surface area contributed by atoms with Crippen molar-refractivity contribution in [2.75, 3.05) is 0 Å². The number of rotatable bonds is 2. The molecule has 0 spiro atoms. The van der Waals surface area contributed by atoms with Gasteiger partial charge >= 0.3 is 0 Å². The lowest BCUT2D eigenvalue weighted by molar-refractivity contribution is 0.618. The molecule has 4 rings (SSSR count). The first-order chi connectivity index (χ1) is 11.3. The predicted molar refractivity (Wildman–Crippen MR) is 93.5 cm³/mol. The van der Waals surface area contributed by atoms with E-state index in [1.54, 1.807) is 6.07 Å². The van der Waals surface area contributed by atoms with Gasteiger partial charge in [0, 0.05) is 22.6 Å². The molecule has 2 nitrogen and oxygen atoms in total. The van der Waals surface area contributed by atoms with E-state index >= 15 is 0 Å². The fourth-order valence-corrected chi connectivity index (χ4v) is 3.07. The number of hydrogen-bond donors (Lipinski definition) is 1. The molecule has 0 unspecified atom stereocenters. The Morgan fingerprint density at radius 2 is 1.74 bits per heavy atom. The molecule has 2 aromatic rings. The summed E-state index contributed by atoms with van der Waals surface area (Å²) in [5.41, 5.74) is 5.51. The van der Waals surface area contributed by atoms with Gasteiger partial charge in [0.25, 0.3) is 0 Å². The van der Waals surface area contributed by atoms with Gasteiger partial charge in [0.05, 0.1) is 5.36 Å². The van der Waals surface area contributed by atoms with E-state index in [9.17, 15) is 0 Å². The molecule has 0 saturated carbocycles. The van der Waals surface area contributed by atoms with Crippen molar-refractivity contribution in [1.29, 1.82) is 5.41 Å². The van der Waals surface area contributed by atoms with Gasteiger partial charge in [0.1, 0.15) is 11.3 Å². The van der Waals surface area contributed by atoms with Crippen molar-refractivity contribution in [3.05, 3.63) is 77.7 Å². The van der Waals surface area contributed by atoms with Crippen molar-refractivity contribution in [3.8, 4) is 22.5 Å². The maximum Gasteiger partial charge on any atom is 0.137 e. The standard InChI is InChI=1S/C21H17NO/c1-2-14-8-10-17-19(12-14)23-20-13-16(22)9-11-18(20)21(17)15-6-4-3-5-7-15/h3-13,22H,2H2,1H3. The van der Waals surface area contributed by atoms with Crippen LogP contribution in [0.5, 0.6) is 0 Å². The summed E-state index contributed by atoms with van der Waals surface area (Å²) in [6.07, 6.45) is 0.975. The lowest BCUT2D eigenvalue weighted by Gasteiger charge is -2.15.